The minimum atomic E-state index is 0.553. The van der Waals surface area contributed by atoms with Gasteiger partial charge in [-0.3, -0.25) is 0 Å². The maximum Gasteiger partial charge on any atom is 0.141 e. The fourth-order valence-electron chi connectivity index (χ4n) is 2.66. The second kappa shape index (κ2) is 4.25. The van der Waals surface area contributed by atoms with E-state index in [2.05, 4.69) is 16.7 Å². The summed E-state index contributed by atoms with van der Waals surface area (Å²) in [5.41, 5.74) is 9.81. The molecule has 1 heterocycles. The van der Waals surface area contributed by atoms with Crippen molar-refractivity contribution in [2.24, 2.45) is 0 Å². The van der Waals surface area contributed by atoms with E-state index in [0.29, 0.717) is 6.04 Å². The molecule has 0 amide bonds. The topological polar surface area (TPSA) is 43.8 Å². The van der Waals surface area contributed by atoms with Crippen LogP contribution in [0.4, 0.5) is 5.69 Å². The van der Waals surface area contributed by atoms with Crippen LogP contribution in [0.25, 0.3) is 22.4 Å². The van der Waals surface area contributed by atoms with Crippen molar-refractivity contribution in [3.8, 4) is 11.4 Å². The molecule has 1 aliphatic carbocycles. The van der Waals surface area contributed by atoms with Crippen LogP contribution in [-0.2, 0) is 0 Å². The fourth-order valence-corrected chi connectivity index (χ4v) is 2.82. The van der Waals surface area contributed by atoms with Crippen LogP contribution in [0.15, 0.2) is 42.5 Å². The lowest BCUT2D eigenvalue weighted by atomic mass is 10.2. The first kappa shape index (κ1) is 11.8. The van der Waals surface area contributed by atoms with E-state index in [4.69, 9.17) is 22.3 Å². The molecule has 3 aromatic rings. The summed E-state index contributed by atoms with van der Waals surface area (Å²) in [5, 5.41) is 0.720. The van der Waals surface area contributed by atoms with E-state index in [9.17, 15) is 0 Å². The van der Waals surface area contributed by atoms with E-state index in [1.807, 2.05) is 30.3 Å². The van der Waals surface area contributed by atoms with Gasteiger partial charge in [0.15, 0.2) is 0 Å². The molecule has 0 saturated heterocycles. The second-order valence-electron chi connectivity index (χ2n) is 5.30. The van der Waals surface area contributed by atoms with Crippen molar-refractivity contribution in [2.45, 2.75) is 18.9 Å². The van der Waals surface area contributed by atoms with Gasteiger partial charge in [0, 0.05) is 22.3 Å². The highest BCUT2D eigenvalue weighted by atomic mass is 35.5. The van der Waals surface area contributed by atoms with E-state index in [1.54, 1.807) is 0 Å². The molecule has 2 aromatic carbocycles. The van der Waals surface area contributed by atoms with Gasteiger partial charge in [-0.05, 0) is 43.2 Å². The standard InChI is InChI=1S/C16H14ClN3/c17-11-4-7-15-14(9-11)19-16(20(15)13-5-6-13)10-2-1-3-12(18)8-10/h1-4,7-9,13H,5-6,18H2. The predicted octanol–water partition coefficient (Wildman–Crippen LogP) is 4.27. The molecule has 0 radical (unpaired) electrons. The number of nitrogen functional groups attached to an aromatic ring is 1. The van der Waals surface area contributed by atoms with E-state index in [-0.39, 0.29) is 0 Å². The van der Waals surface area contributed by atoms with Gasteiger partial charge in [0.05, 0.1) is 11.0 Å². The largest absolute Gasteiger partial charge is 0.399 e. The Hall–Kier alpha value is -2.00. The smallest absolute Gasteiger partial charge is 0.141 e. The van der Waals surface area contributed by atoms with Crippen molar-refractivity contribution < 1.29 is 0 Å². The first-order valence-electron chi connectivity index (χ1n) is 6.76. The van der Waals surface area contributed by atoms with Crippen LogP contribution in [0.2, 0.25) is 5.02 Å². The molecular formula is C16H14ClN3. The Morgan fingerprint density at radius 1 is 1.15 bits per heavy atom. The van der Waals surface area contributed by atoms with E-state index in [1.165, 1.54) is 12.8 Å². The molecule has 2 N–H and O–H groups in total. The van der Waals surface area contributed by atoms with Gasteiger partial charge < -0.3 is 10.3 Å². The van der Waals surface area contributed by atoms with Gasteiger partial charge in [-0.1, -0.05) is 23.7 Å². The molecule has 4 rings (SSSR count). The summed E-state index contributed by atoms with van der Waals surface area (Å²) in [7, 11) is 0. The van der Waals surface area contributed by atoms with Crippen molar-refractivity contribution in [1.29, 1.82) is 0 Å². The van der Waals surface area contributed by atoms with Crippen LogP contribution in [-0.4, -0.2) is 9.55 Å². The Labute approximate surface area is 122 Å². The molecule has 1 saturated carbocycles. The summed E-state index contributed by atoms with van der Waals surface area (Å²) in [6, 6.07) is 14.3. The summed E-state index contributed by atoms with van der Waals surface area (Å²) in [5.74, 6) is 0.983. The molecule has 0 bridgehead atoms. The molecule has 0 spiro atoms. The average Bonchev–Trinajstić information content (AvgIpc) is 3.19. The number of nitrogens with two attached hydrogens (primary N) is 1. The average molecular weight is 284 g/mol. The molecule has 20 heavy (non-hydrogen) atoms. The number of hydrogen-bond donors (Lipinski definition) is 1. The monoisotopic (exact) mass is 283 g/mol. The summed E-state index contributed by atoms with van der Waals surface area (Å²) in [6.07, 6.45) is 2.42. The van der Waals surface area contributed by atoms with Crippen LogP contribution in [0.5, 0.6) is 0 Å². The molecular weight excluding hydrogens is 270 g/mol. The zero-order valence-corrected chi connectivity index (χ0v) is 11.6. The zero-order chi connectivity index (χ0) is 13.7. The van der Waals surface area contributed by atoms with E-state index >= 15 is 0 Å². The highest BCUT2D eigenvalue weighted by Crippen LogP contribution is 2.41. The van der Waals surface area contributed by atoms with Gasteiger partial charge in [-0.25, -0.2) is 4.98 Å². The summed E-state index contributed by atoms with van der Waals surface area (Å²) < 4.78 is 2.32. The number of rotatable bonds is 2. The van der Waals surface area contributed by atoms with Crippen LogP contribution in [0, 0.1) is 0 Å². The minimum absolute atomic E-state index is 0.553. The summed E-state index contributed by atoms with van der Waals surface area (Å²) >= 11 is 6.08. The highest BCUT2D eigenvalue weighted by Gasteiger charge is 2.28. The lowest BCUT2D eigenvalue weighted by molar-refractivity contribution is 0.775. The van der Waals surface area contributed by atoms with Gasteiger partial charge in [0.1, 0.15) is 5.82 Å². The maximum absolute atomic E-state index is 6.08. The molecule has 100 valence electrons. The normalized spacial score (nSPS) is 14.8. The third kappa shape index (κ3) is 1.86. The number of aromatic nitrogens is 2. The fraction of sp³-hybridized carbons (Fsp3) is 0.188. The number of hydrogen-bond acceptors (Lipinski definition) is 2. The lowest BCUT2D eigenvalue weighted by Gasteiger charge is -2.08. The van der Waals surface area contributed by atoms with Crippen LogP contribution in [0.1, 0.15) is 18.9 Å². The molecule has 0 atom stereocenters. The van der Waals surface area contributed by atoms with Crippen molar-refractivity contribution in [3.63, 3.8) is 0 Å². The Balaban J connectivity index is 2.00. The zero-order valence-electron chi connectivity index (χ0n) is 10.9. The van der Waals surface area contributed by atoms with Crippen molar-refractivity contribution in [1.82, 2.24) is 9.55 Å². The Kier molecular flexibility index (Phi) is 2.51. The number of anilines is 1. The molecule has 4 heteroatoms. The van der Waals surface area contributed by atoms with Crippen molar-refractivity contribution in [2.75, 3.05) is 5.73 Å². The maximum atomic E-state index is 6.08. The van der Waals surface area contributed by atoms with E-state index < -0.39 is 0 Å². The third-order valence-electron chi connectivity index (χ3n) is 3.71. The molecule has 1 aromatic heterocycles. The summed E-state index contributed by atoms with van der Waals surface area (Å²) in [4.78, 5) is 4.77. The second-order valence-corrected chi connectivity index (χ2v) is 5.73. The van der Waals surface area contributed by atoms with Gasteiger partial charge in [-0.2, -0.15) is 0 Å². The highest BCUT2D eigenvalue weighted by molar-refractivity contribution is 6.31. The van der Waals surface area contributed by atoms with Gasteiger partial charge >= 0.3 is 0 Å². The number of benzene rings is 2. The van der Waals surface area contributed by atoms with Crippen LogP contribution < -0.4 is 5.73 Å². The first-order chi connectivity index (χ1) is 9.72. The number of nitrogens with zero attached hydrogens (tertiary/aromatic N) is 2. The van der Waals surface area contributed by atoms with Crippen molar-refractivity contribution >= 4 is 28.3 Å². The van der Waals surface area contributed by atoms with Gasteiger partial charge in [0.2, 0.25) is 0 Å². The number of halogens is 1. The summed E-state index contributed by atoms with van der Waals surface area (Å²) in [6.45, 7) is 0. The van der Waals surface area contributed by atoms with Crippen LogP contribution >= 0.6 is 11.6 Å². The van der Waals surface area contributed by atoms with Gasteiger partial charge in [0.25, 0.3) is 0 Å². The van der Waals surface area contributed by atoms with Crippen LogP contribution in [0.3, 0.4) is 0 Å². The Morgan fingerprint density at radius 3 is 2.75 bits per heavy atom. The molecule has 1 fully saturated rings. The van der Waals surface area contributed by atoms with E-state index in [0.717, 1.165) is 33.1 Å². The Bertz CT molecular complexity index is 803. The number of fused-ring (bicyclic) bond motifs is 1. The SMILES string of the molecule is Nc1cccc(-c2nc3cc(Cl)ccc3n2C2CC2)c1. The van der Waals surface area contributed by atoms with Gasteiger partial charge in [-0.15, -0.1) is 0 Å². The Morgan fingerprint density at radius 2 is 2.00 bits per heavy atom. The third-order valence-corrected chi connectivity index (χ3v) is 3.94. The lowest BCUT2D eigenvalue weighted by Crippen LogP contribution is -1.97. The molecule has 0 aliphatic heterocycles. The number of imidazole rings is 1. The minimum Gasteiger partial charge on any atom is -0.399 e. The molecule has 1 aliphatic rings. The quantitative estimate of drug-likeness (QED) is 0.714. The molecule has 0 unspecified atom stereocenters. The first-order valence-corrected chi connectivity index (χ1v) is 7.13. The van der Waals surface area contributed by atoms with Crippen molar-refractivity contribution in [3.05, 3.63) is 47.5 Å². The predicted molar refractivity (Wildman–Crippen MR) is 82.9 cm³/mol. The molecule has 3 nitrogen and oxygen atoms in total.